The van der Waals surface area contributed by atoms with Crippen molar-refractivity contribution in [1.29, 1.82) is 0 Å². The molecule has 3 heteroatoms. The van der Waals surface area contributed by atoms with E-state index in [-0.39, 0.29) is 29.7 Å². The lowest BCUT2D eigenvalue weighted by atomic mass is 9.65. The Morgan fingerprint density at radius 2 is 0.891 bits per heavy atom. The molecule has 1 aliphatic rings. The molecule has 0 unspecified atom stereocenters. The Kier molecular flexibility index (Phi) is 7.88. The molecule has 0 N–H and O–H groups in total. The predicted octanol–water partition coefficient (Wildman–Crippen LogP) is 12.3. The van der Waals surface area contributed by atoms with E-state index in [1.165, 1.54) is 20.7 Å². The van der Waals surface area contributed by atoms with Gasteiger partial charge in [0, 0.05) is 33.5 Å². The van der Waals surface area contributed by atoms with Crippen molar-refractivity contribution >= 4 is 67.7 Å². The van der Waals surface area contributed by atoms with Crippen molar-refractivity contribution in [2.75, 3.05) is 4.90 Å². The third-order valence-electron chi connectivity index (χ3n) is 13.3. The molecule has 0 amide bonds. The second-order valence-corrected chi connectivity index (χ2v) is 20.2. The minimum atomic E-state index is -2.93. The lowest BCUT2D eigenvalue weighted by Gasteiger charge is -2.45. The second-order valence-electron chi connectivity index (χ2n) is 16.4. The zero-order chi connectivity index (χ0) is 46.9. The number of hydrogen-bond donors (Lipinski definition) is 0. The highest BCUT2D eigenvalue weighted by molar-refractivity contribution is 7.21. The van der Waals surface area contributed by atoms with Crippen LogP contribution in [0.4, 0.5) is 17.1 Å². The van der Waals surface area contributed by atoms with Crippen molar-refractivity contribution in [3.05, 3.63) is 289 Å². The molecule has 0 fully saturated rings. The van der Waals surface area contributed by atoms with Crippen LogP contribution < -0.4 is 25.6 Å². The first-order valence-electron chi connectivity index (χ1n) is 24.3. The van der Waals surface area contributed by atoms with Gasteiger partial charge in [-0.05, 0) is 91.5 Å². The molecule has 0 saturated heterocycles. The summed E-state index contributed by atoms with van der Waals surface area (Å²) in [5.74, 6) is 0. The van der Waals surface area contributed by atoms with Crippen LogP contribution in [0, 0.1) is 0 Å². The highest BCUT2D eigenvalue weighted by Gasteiger charge is 2.49. The van der Waals surface area contributed by atoms with Gasteiger partial charge < -0.3 is 9.47 Å². The predicted molar refractivity (Wildman–Crippen MR) is 271 cm³/mol. The van der Waals surface area contributed by atoms with Gasteiger partial charge in [-0.3, -0.25) is 0 Å². The zero-order valence-electron chi connectivity index (χ0n) is 39.9. The Bertz CT molecular complexity index is 3630. The fourth-order valence-electron chi connectivity index (χ4n) is 10.7. The van der Waals surface area contributed by atoms with Crippen LogP contribution in [0.5, 0.6) is 0 Å². The number of hydrogen-bond acceptors (Lipinski definition) is 1. The van der Waals surface area contributed by atoms with Crippen LogP contribution in [-0.4, -0.2) is 12.6 Å². The van der Waals surface area contributed by atoms with Gasteiger partial charge in [0.25, 0.3) is 0 Å². The van der Waals surface area contributed by atoms with Gasteiger partial charge >= 0.3 is 0 Å². The van der Waals surface area contributed by atoms with Crippen molar-refractivity contribution in [2.24, 2.45) is 0 Å². The number of para-hydroxylation sites is 3. The van der Waals surface area contributed by atoms with E-state index in [1.54, 1.807) is 0 Å². The van der Waals surface area contributed by atoms with Crippen LogP contribution in [0.25, 0.3) is 27.5 Å². The van der Waals surface area contributed by atoms with Crippen LogP contribution in [0.15, 0.2) is 267 Å². The molecule has 12 rings (SSSR count). The molecular weight excluding hydrogens is 789 g/mol. The van der Waals surface area contributed by atoms with Crippen molar-refractivity contribution in [3.63, 3.8) is 0 Å². The van der Waals surface area contributed by atoms with Crippen molar-refractivity contribution < 1.29 is 6.85 Å². The molecule has 0 spiro atoms. The van der Waals surface area contributed by atoms with E-state index < -0.39 is 19.5 Å². The maximum atomic E-state index is 9.51. The minimum Gasteiger partial charge on any atom is -0.311 e. The Hall–Kier alpha value is -7.98. The summed E-state index contributed by atoms with van der Waals surface area (Å²) in [6, 6.07) is 81.7. The average Bonchev–Trinajstić information content (AvgIpc) is 3.75. The molecule has 2 heterocycles. The number of aromatic nitrogens is 1. The summed E-state index contributed by atoms with van der Waals surface area (Å²) >= 11 is 0. The first-order chi connectivity index (χ1) is 33.8. The molecule has 11 aromatic rings. The Labute approximate surface area is 382 Å². The van der Waals surface area contributed by atoms with E-state index in [1.807, 2.05) is 60.7 Å². The number of anilines is 3. The average molecular weight is 838 g/mol. The fourth-order valence-corrected chi connectivity index (χ4v) is 15.8. The summed E-state index contributed by atoms with van der Waals surface area (Å²) in [6.07, 6.45) is 0. The smallest absolute Gasteiger partial charge is 0.184 e. The highest BCUT2D eigenvalue weighted by atomic mass is 28.3. The summed E-state index contributed by atoms with van der Waals surface area (Å²) < 4.78 is 47.8. The van der Waals surface area contributed by atoms with Crippen molar-refractivity contribution in [1.82, 2.24) is 4.57 Å². The van der Waals surface area contributed by atoms with Crippen LogP contribution in [0.1, 0.15) is 29.1 Å². The Morgan fingerprint density at radius 3 is 1.55 bits per heavy atom. The minimum absolute atomic E-state index is 0.203. The first-order valence-corrected chi connectivity index (χ1v) is 23.8. The SMILES string of the molecule is [2H]c1c([2H])c([2H])c(C(c2ccccc2)(c2ccccc2)c2ccc3c(c2)c2ccccc2n3-c2ccc3c(c2)N(c2ccccc2)c2ccccc2[Si]3(c2ccccc2)c2ccccc2)c([2H])c1[2H]. The lowest BCUT2D eigenvalue weighted by molar-refractivity contribution is 0.746. The first kappa shape index (κ1) is 32.7. The van der Waals surface area contributed by atoms with E-state index in [0.717, 1.165) is 61.2 Å². The van der Waals surface area contributed by atoms with E-state index in [9.17, 15) is 2.74 Å². The third kappa shape index (κ3) is 5.64. The van der Waals surface area contributed by atoms with Gasteiger partial charge in [0.15, 0.2) is 8.07 Å². The molecule has 0 atom stereocenters. The Morgan fingerprint density at radius 1 is 0.359 bits per heavy atom. The second kappa shape index (κ2) is 15.4. The van der Waals surface area contributed by atoms with E-state index >= 15 is 0 Å². The molecule has 1 aliphatic heterocycles. The molecule has 2 nitrogen and oxygen atoms in total. The summed E-state index contributed by atoms with van der Waals surface area (Å²) in [7, 11) is -2.93. The molecule has 1 aromatic heterocycles. The molecule has 0 bridgehead atoms. The van der Waals surface area contributed by atoms with E-state index in [4.69, 9.17) is 4.11 Å². The standard InChI is InChI=1S/C61H44N2Si/c1-7-23-45(24-8-1)61(46-25-9-2-10-26-46,47-27-11-3-12-28-47)48-39-41-56-54(43-48)53-35-19-20-36-55(53)63(56)50-40-42-60-58(44-50)62(49-29-13-4-14-30-49)57-37-21-22-38-59(57)64(60,51-31-15-5-16-32-51)52-33-17-6-18-34-52/h1-44H/i1D,7D,8D,23D,24D. The molecule has 0 aliphatic carbocycles. The highest BCUT2D eigenvalue weighted by Crippen LogP contribution is 2.47. The van der Waals surface area contributed by atoms with Crippen molar-refractivity contribution in [3.8, 4) is 5.69 Å². The van der Waals surface area contributed by atoms with Gasteiger partial charge in [0.05, 0.1) is 23.3 Å². The zero-order valence-corrected chi connectivity index (χ0v) is 35.9. The maximum Gasteiger partial charge on any atom is 0.184 e. The maximum absolute atomic E-state index is 9.51. The molecule has 10 aromatic carbocycles. The van der Waals surface area contributed by atoms with Gasteiger partial charge in [0.1, 0.15) is 0 Å². The van der Waals surface area contributed by atoms with Crippen LogP contribution in [0.2, 0.25) is 0 Å². The molecule has 302 valence electrons. The van der Waals surface area contributed by atoms with Gasteiger partial charge in [0.2, 0.25) is 0 Å². The Balaban J connectivity index is 1.16. The number of nitrogens with zero attached hydrogens (tertiary/aromatic N) is 2. The number of fused-ring (bicyclic) bond motifs is 5. The third-order valence-corrected chi connectivity index (χ3v) is 18.1. The molecule has 0 radical (unpaired) electrons. The van der Waals surface area contributed by atoms with Gasteiger partial charge in [-0.2, -0.15) is 0 Å². The summed E-state index contributed by atoms with van der Waals surface area (Å²) in [6.45, 7) is 0. The van der Waals surface area contributed by atoms with Crippen LogP contribution >= 0.6 is 0 Å². The van der Waals surface area contributed by atoms with E-state index in [2.05, 4.69) is 185 Å². The molecule has 64 heavy (non-hydrogen) atoms. The van der Waals surface area contributed by atoms with Crippen LogP contribution in [0.3, 0.4) is 0 Å². The summed E-state index contributed by atoms with van der Waals surface area (Å²) in [5.41, 5.74) is 7.62. The quantitative estimate of drug-likeness (QED) is 0.109. The number of benzene rings is 10. The largest absolute Gasteiger partial charge is 0.311 e. The van der Waals surface area contributed by atoms with Gasteiger partial charge in [-0.15, -0.1) is 0 Å². The fraction of sp³-hybridized carbons (Fsp3) is 0.0164. The van der Waals surface area contributed by atoms with Crippen molar-refractivity contribution in [2.45, 2.75) is 5.41 Å². The lowest BCUT2D eigenvalue weighted by Crippen LogP contribution is -2.77. The molecular formula is C61H44N2Si. The summed E-state index contributed by atoms with van der Waals surface area (Å²) in [5, 5.41) is 7.26. The normalized spacial score (nSPS) is 14.2. The van der Waals surface area contributed by atoms with Gasteiger partial charge in [-0.1, -0.05) is 218 Å². The topological polar surface area (TPSA) is 8.17 Å². The van der Waals surface area contributed by atoms with Gasteiger partial charge in [-0.25, -0.2) is 0 Å². The summed E-state index contributed by atoms with van der Waals surface area (Å²) in [4.78, 5) is 2.44. The van der Waals surface area contributed by atoms with Crippen LogP contribution in [-0.2, 0) is 5.41 Å². The monoisotopic (exact) mass is 837 g/mol. The number of rotatable bonds is 8. The molecule has 0 saturated carbocycles. The van der Waals surface area contributed by atoms with E-state index in [0.29, 0.717) is 0 Å².